The molecule has 0 aromatic heterocycles. The van der Waals surface area contributed by atoms with Gasteiger partial charge in [-0.1, -0.05) is 53.9 Å². The van der Waals surface area contributed by atoms with E-state index >= 15 is 0 Å². The van der Waals surface area contributed by atoms with Gasteiger partial charge in [-0.25, -0.2) is 8.42 Å². The first kappa shape index (κ1) is 29.2. The molecular formula is C24H30Cl3N3O4S. The summed E-state index contributed by atoms with van der Waals surface area (Å²) in [7, 11) is -3.86. The molecule has 0 aliphatic rings. The van der Waals surface area contributed by atoms with Gasteiger partial charge in [0.15, 0.2) is 0 Å². The first-order valence-electron chi connectivity index (χ1n) is 11.0. The summed E-state index contributed by atoms with van der Waals surface area (Å²) in [4.78, 5) is 28.0. The number of carbonyl (C=O) groups excluding carboxylic acids is 2. The first-order valence-corrected chi connectivity index (χ1v) is 14.0. The SMILES string of the molecule is CCC(C(=O)NC(C)C)N(Cc1c(Cl)cccc1Cl)C(=O)CN(c1ccc(C)c(Cl)c1)S(C)(=O)=O. The van der Waals surface area contributed by atoms with E-state index in [4.69, 9.17) is 34.8 Å². The number of nitrogens with zero attached hydrogens (tertiary/aromatic N) is 2. The lowest BCUT2D eigenvalue weighted by Gasteiger charge is -2.33. The van der Waals surface area contributed by atoms with Gasteiger partial charge in [-0.05, 0) is 57.0 Å². The maximum atomic E-state index is 13.7. The predicted molar refractivity (Wildman–Crippen MR) is 143 cm³/mol. The van der Waals surface area contributed by atoms with Gasteiger partial charge in [0.2, 0.25) is 21.8 Å². The molecule has 0 aliphatic heterocycles. The van der Waals surface area contributed by atoms with Crippen molar-refractivity contribution in [3.8, 4) is 0 Å². The van der Waals surface area contributed by atoms with E-state index in [1.54, 1.807) is 44.2 Å². The minimum Gasteiger partial charge on any atom is -0.352 e. The minimum atomic E-state index is -3.86. The van der Waals surface area contributed by atoms with Gasteiger partial charge in [-0.2, -0.15) is 0 Å². The molecule has 1 N–H and O–H groups in total. The van der Waals surface area contributed by atoms with Crippen molar-refractivity contribution in [2.75, 3.05) is 17.1 Å². The highest BCUT2D eigenvalue weighted by molar-refractivity contribution is 7.92. The van der Waals surface area contributed by atoms with Gasteiger partial charge < -0.3 is 10.2 Å². The predicted octanol–water partition coefficient (Wildman–Crippen LogP) is 5.05. The second kappa shape index (κ2) is 12.3. The van der Waals surface area contributed by atoms with E-state index in [1.807, 2.05) is 13.8 Å². The number of sulfonamides is 1. The zero-order chi connectivity index (χ0) is 26.5. The molecular weight excluding hydrogens is 533 g/mol. The molecule has 0 bridgehead atoms. The van der Waals surface area contributed by atoms with Crippen molar-refractivity contribution in [1.82, 2.24) is 10.2 Å². The Morgan fingerprint density at radius 2 is 1.63 bits per heavy atom. The quantitative estimate of drug-likeness (QED) is 0.439. The lowest BCUT2D eigenvalue weighted by atomic mass is 10.1. The van der Waals surface area contributed by atoms with Crippen LogP contribution in [0.4, 0.5) is 5.69 Å². The minimum absolute atomic E-state index is 0.0758. The molecule has 11 heteroatoms. The molecule has 1 atom stereocenters. The Morgan fingerprint density at radius 3 is 2.11 bits per heavy atom. The number of hydrogen-bond donors (Lipinski definition) is 1. The van der Waals surface area contributed by atoms with Gasteiger partial charge >= 0.3 is 0 Å². The molecule has 7 nitrogen and oxygen atoms in total. The lowest BCUT2D eigenvalue weighted by molar-refractivity contribution is -0.140. The van der Waals surface area contributed by atoms with Gasteiger partial charge in [0.25, 0.3) is 0 Å². The second-order valence-electron chi connectivity index (χ2n) is 8.51. The highest BCUT2D eigenvalue weighted by Crippen LogP contribution is 2.28. The monoisotopic (exact) mass is 561 g/mol. The van der Waals surface area contributed by atoms with Crippen LogP contribution >= 0.6 is 34.8 Å². The normalized spacial score (nSPS) is 12.4. The van der Waals surface area contributed by atoms with Crippen LogP contribution in [0.15, 0.2) is 36.4 Å². The van der Waals surface area contributed by atoms with Crippen molar-refractivity contribution in [1.29, 1.82) is 0 Å². The number of hydrogen-bond acceptors (Lipinski definition) is 4. The standard InChI is InChI=1S/C24H30Cl3N3O4S/c1-6-22(24(32)28-15(2)3)29(13-18-19(25)8-7-9-20(18)26)23(31)14-30(35(5,33)34)17-11-10-16(4)21(27)12-17/h7-12,15,22H,6,13-14H2,1-5H3,(H,28,32). The smallest absolute Gasteiger partial charge is 0.244 e. The van der Waals surface area contributed by atoms with Crippen LogP contribution in [0.25, 0.3) is 0 Å². The fourth-order valence-electron chi connectivity index (χ4n) is 3.50. The summed E-state index contributed by atoms with van der Waals surface area (Å²) in [6.07, 6.45) is 1.30. The number of benzene rings is 2. The van der Waals surface area contributed by atoms with Crippen molar-refractivity contribution < 1.29 is 18.0 Å². The van der Waals surface area contributed by atoms with Crippen molar-refractivity contribution in [3.63, 3.8) is 0 Å². The van der Waals surface area contributed by atoms with Crippen molar-refractivity contribution in [2.45, 2.75) is 52.7 Å². The molecule has 2 aromatic rings. The lowest BCUT2D eigenvalue weighted by Crippen LogP contribution is -2.53. The Hall–Kier alpha value is -2.00. The number of aryl methyl sites for hydroxylation is 1. The van der Waals surface area contributed by atoms with E-state index < -0.39 is 28.5 Å². The summed E-state index contributed by atoms with van der Waals surface area (Å²) in [5.74, 6) is -0.947. The number of anilines is 1. The van der Waals surface area contributed by atoms with Crippen LogP contribution in [-0.2, 0) is 26.2 Å². The highest BCUT2D eigenvalue weighted by Gasteiger charge is 2.32. The molecule has 0 fully saturated rings. The van der Waals surface area contributed by atoms with E-state index in [-0.39, 0.29) is 24.2 Å². The molecule has 0 spiro atoms. The van der Waals surface area contributed by atoms with Crippen molar-refractivity contribution in [3.05, 3.63) is 62.6 Å². The fourth-order valence-corrected chi connectivity index (χ4v) is 5.04. The second-order valence-corrected chi connectivity index (χ2v) is 11.6. The van der Waals surface area contributed by atoms with Crippen LogP contribution in [0, 0.1) is 6.92 Å². The van der Waals surface area contributed by atoms with E-state index in [9.17, 15) is 18.0 Å². The molecule has 35 heavy (non-hydrogen) atoms. The average molecular weight is 563 g/mol. The summed E-state index contributed by atoms with van der Waals surface area (Å²) >= 11 is 18.9. The van der Waals surface area contributed by atoms with E-state index in [0.29, 0.717) is 27.1 Å². The highest BCUT2D eigenvalue weighted by atomic mass is 35.5. The molecule has 2 rings (SSSR count). The topological polar surface area (TPSA) is 86.8 Å². The molecule has 192 valence electrons. The Bertz CT molecular complexity index is 1170. The molecule has 0 radical (unpaired) electrons. The van der Waals surface area contributed by atoms with E-state index in [1.165, 1.54) is 11.0 Å². The van der Waals surface area contributed by atoms with Gasteiger partial charge in [0, 0.05) is 33.2 Å². The summed E-state index contributed by atoms with van der Waals surface area (Å²) in [6, 6.07) is 8.66. The van der Waals surface area contributed by atoms with Crippen LogP contribution in [0.5, 0.6) is 0 Å². The van der Waals surface area contributed by atoms with Crippen molar-refractivity contribution >= 4 is 62.3 Å². The first-order chi connectivity index (χ1) is 16.3. The average Bonchev–Trinajstić information content (AvgIpc) is 2.74. The number of rotatable bonds is 10. The Labute approximate surface area is 222 Å². The summed E-state index contributed by atoms with van der Waals surface area (Å²) in [5.41, 5.74) is 1.47. The maximum Gasteiger partial charge on any atom is 0.244 e. The zero-order valence-corrected chi connectivity index (χ0v) is 23.4. The number of nitrogens with one attached hydrogen (secondary N) is 1. The maximum absolute atomic E-state index is 13.7. The van der Waals surface area contributed by atoms with Gasteiger partial charge in [0.1, 0.15) is 12.6 Å². The largest absolute Gasteiger partial charge is 0.352 e. The molecule has 0 aliphatic carbocycles. The van der Waals surface area contributed by atoms with E-state index in [2.05, 4.69) is 5.32 Å². The summed E-state index contributed by atoms with van der Waals surface area (Å²) in [6.45, 7) is 6.57. The molecule has 0 saturated carbocycles. The van der Waals surface area contributed by atoms with Gasteiger partial charge in [0.05, 0.1) is 11.9 Å². The molecule has 0 saturated heterocycles. The Morgan fingerprint density at radius 1 is 1.03 bits per heavy atom. The van der Waals surface area contributed by atoms with Gasteiger partial charge in [-0.15, -0.1) is 0 Å². The van der Waals surface area contributed by atoms with Crippen LogP contribution in [-0.4, -0.2) is 50.0 Å². The molecule has 2 aromatic carbocycles. The van der Waals surface area contributed by atoms with Crippen LogP contribution in [0.2, 0.25) is 15.1 Å². The van der Waals surface area contributed by atoms with Crippen LogP contribution < -0.4 is 9.62 Å². The van der Waals surface area contributed by atoms with E-state index in [0.717, 1.165) is 16.1 Å². The van der Waals surface area contributed by atoms with Gasteiger partial charge in [-0.3, -0.25) is 13.9 Å². The number of amides is 2. The third-order valence-electron chi connectivity index (χ3n) is 5.33. The molecule has 2 amide bonds. The molecule has 0 heterocycles. The number of halogens is 3. The third kappa shape index (κ3) is 7.74. The van der Waals surface area contributed by atoms with Crippen LogP contribution in [0.1, 0.15) is 38.3 Å². The van der Waals surface area contributed by atoms with Crippen molar-refractivity contribution in [2.24, 2.45) is 0 Å². The Balaban J connectivity index is 2.52. The zero-order valence-electron chi connectivity index (χ0n) is 20.3. The molecule has 1 unspecified atom stereocenters. The third-order valence-corrected chi connectivity index (χ3v) is 7.59. The fraction of sp³-hybridized carbons (Fsp3) is 0.417. The summed E-state index contributed by atoms with van der Waals surface area (Å²) in [5, 5.41) is 3.86. The number of carbonyl (C=O) groups is 2. The van der Waals surface area contributed by atoms with Crippen LogP contribution in [0.3, 0.4) is 0 Å². The summed E-state index contributed by atoms with van der Waals surface area (Å²) < 4.78 is 26.3. The Kier molecular flexibility index (Phi) is 10.3.